The smallest absolute Gasteiger partial charge is 0.227 e. The van der Waals surface area contributed by atoms with Crippen molar-refractivity contribution < 1.29 is 9.53 Å². The number of carbonyl (C=O) groups is 1. The largest absolute Gasteiger partial charge is 0.379 e. The number of aryl methyl sites for hydroxylation is 1. The highest BCUT2D eigenvalue weighted by Gasteiger charge is 2.32. The Kier molecular flexibility index (Phi) is 4.09. The summed E-state index contributed by atoms with van der Waals surface area (Å²) in [5.74, 6) is -0.0595. The molecule has 1 aromatic rings. The summed E-state index contributed by atoms with van der Waals surface area (Å²) in [5, 5.41) is 6.95. The van der Waals surface area contributed by atoms with Crippen molar-refractivity contribution in [2.75, 3.05) is 20.3 Å². The molecule has 1 fully saturated rings. The van der Waals surface area contributed by atoms with Crippen LogP contribution in [0.4, 0.5) is 0 Å². The highest BCUT2D eigenvalue weighted by atomic mass is 32.1. The molecule has 2 unspecified atom stereocenters. The molecule has 1 aliphatic rings. The Morgan fingerprint density at radius 3 is 3.12 bits per heavy atom. The van der Waals surface area contributed by atoms with Crippen molar-refractivity contribution in [1.82, 2.24) is 15.6 Å². The van der Waals surface area contributed by atoms with Crippen LogP contribution in [-0.2, 0) is 16.1 Å². The first kappa shape index (κ1) is 12.5. The first-order chi connectivity index (χ1) is 8.20. The molecular weight excluding hydrogens is 238 g/mol. The molecule has 0 radical (unpaired) electrons. The average molecular weight is 255 g/mol. The van der Waals surface area contributed by atoms with Gasteiger partial charge in [-0.25, -0.2) is 4.98 Å². The van der Waals surface area contributed by atoms with Crippen LogP contribution >= 0.6 is 11.3 Å². The third-order valence-electron chi connectivity index (χ3n) is 2.87. The van der Waals surface area contributed by atoms with E-state index in [0.717, 1.165) is 9.88 Å². The minimum absolute atomic E-state index is 0.0368. The summed E-state index contributed by atoms with van der Waals surface area (Å²) in [6.45, 7) is 3.61. The number of nitrogens with zero attached hydrogens (tertiary/aromatic N) is 1. The van der Waals surface area contributed by atoms with E-state index < -0.39 is 0 Å². The van der Waals surface area contributed by atoms with E-state index in [9.17, 15) is 4.79 Å². The molecule has 2 rings (SSSR count). The number of rotatable bonds is 4. The highest BCUT2D eigenvalue weighted by molar-refractivity contribution is 7.11. The lowest BCUT2D eigenvalue weighted by molar-refractivity contribution is -0.125. The summed E-state index contributed by atoms with van der Waals surface area (Å²) in [6.07, 6.45) is 1.82. The van der Waals surface area contributed by atoms with Crippen LogP contribution in [0.15, 0.2) is 6.20 Å². The van der Waals surface area contributed by atoms with E-state index >= 15 is 0 Å². The van der Waals surface area contributed by atoms with Crippen LogP contribution in [0.2, 0.25) is 0 Å². The zero-order chi connectivity index (χ0) is 12.3. The van der Waals surface area contributed by atoms with Gasteiger partial charge in [0, 0.05) is 17.1 Å². The van der Waals surface area contributed by atoms with Crippen molar-refractivity contribution in [3.8, 4) is 0 Å². The van der Waals surface area contributed by atoms with Crippen LogP contribution in [-0.4, -0.2) is 37.2 Å². The Morgan fingerprint density at radius 2 is 2.47 bits per heavy atom. The van der Waals surface area contributed by atoms with Gasteiger partial charge in [0.1, 0.15) is 5.01 Å². The van der Waals surface area contributed by atoms with Gasteiger partial charge >= 0.3 is 0 Å². The molecular formula is C11H17N3O2S. The molecule has 94 valence electrons. The fourth-order valence-electron chi connectivity index (χ4n) is 1.87. The van der Waals surface area contributed by atoms with E-state index in [-0.39, 0.29) is 17.9 Å². The Balaban J connectivity index is 1.84. The van der Waals surface area contributed by atoms with Gasteiger partial charge in [0.15, 0.2) is 0 Å². The summed E-state index contributed by atoms with van der Waals surface area (Å²) in [4.78, 5) is 17.3. The van der Waals surface area contributed by atoms with Gasteiger partial charge in [0.05, 0.1) is 25.7 Å². The lowest BCUT2D eigenvalue weighted by atomic mass is 10.0. The molecule has 2 heterocycles. The molecule has 1 saturated heterocycles. The number of aromatic nitrogens is 1. The first-order valence-electron chi connectivity index (χ1n) is 5.64. The van der Waals surface area contributed by atoms with E-state index in [1.165, 1.54) is 0 Å². The Labute approximate surface area is 105 Å². The van der Waals surface area contributed by atoms with Crippen LogP contribution in [0.5, 0.6) is 0 Å². The Morgan fingerprint density at radius 1 is 1.65 bits per heavy atom. The minimum atomic E-state index is -0.0962. The number of carbonyl (C=O) groups excluding carboxylic acids is 1. The minimum Gasteiger partial charge on any atom is -0.379 e. The van der Waals surface area contributed by atoms with Crippen molar-refractivity contribution >= 4 is 17.2 Å². The number of amides is 1. The number of ether oxygens (including phenoxy) is 1. The fourth-order valence-corrected chi connectivity index (χ4v) is 2.60. The van der Waals surface area contributed by atoms with Crippen LogP contribution in [0.3, 0.4) is 0 Å². The number of likely N-dealkylation sites (N-methyl/N-ethyl adjacent to an activating group) is 1. The molecule has 0 saturated carbocycles. The van der Waals surface area contributed by atoms with E-state index in [1.807, 2.05) is 20.2 Å². The summed E-state index contributed by atoms with van der Waals surface area (Å²) < 4.78 is 5.30. The quantitative estimate of drug-likeness (QED) is 0.812. The second-order valence-corrected chi connectivity index (χ2v) is 5.44. The molecule has 0 spiro atoms. The van der Waals surface area contributed by atoms with Crippen LogP contribution in [0.1, 0.15) is 9.88 Å². The first-order valence-corrected chi connectivity index (χ1v) is 6.46. The van der Waals surface area contributed by atoms with E-state index in [4.69, 9.17) is 4.74 Å². The molecule has 5 nitrogen and oxygen atoms in total. The standard InChI is InChI=1S/C11H17N3O2S/c1-7-3-13-10(17-7)4-14-11(15)8-5-16-6-9(8)12-2/h3,8-9,12H,4-6H2,1-2H3,(H,14,15). The summed E-state index contributed by atoms with van der Waals surface area (Å²) >= 11 is 1.61. The van der Waals surface area contributed by atoms with Gasteiger partial charge < -0.3 is 15.4 Å². The van der Waals surface area contributed by atoms with Crippen molar-refractivity contribution in [1.29, 1.82) is 0 Å². The van der Waals surface area contributed by atoms with Gasteiger partial charge in [0.2, 0.25) is 5.91 Å². The predicted octanol–water partition coefficient (Wildman–Crippen LogP) is 0.302. The molecule has 1 aliphatic heterocycles. The second kappa shape index (κ2) is 5.57. The number of thiazole rings is 1. The van der Waals surface area contributed by atoms with Crippen molar-refractivity contribution in [3.05, 3.63) is 16.1 Å². The van der Waals surface area contributed by atoms with Crippen molar-refractivity contribution in [3.63, 3.8) is 0 Å². The zero-order valence-corrected chi connectivity index (χ0v) is 10.8. The maximum atomic E-state index is 11.9. The maximum Gasteiger partial charge on any atom is 0.227 e. The fraction of sp³-hybridized carbons (Fsp3) is 0.636. The van der Waals surface area contributed by atoms with Crippen LogP contribution < -0.4 is 10.6 Å². The van der Waals surface area contributed by atoms with Gasteiger partial charge in [-0.05, 0) is 14.0 Å². The number of hydrogen-bond acceptors (Lipinski definition) is 5. The molecule has 1 amide bonds. The third-order valence-corrected chi connectivity index (χ3v) is 3.78. The molecule has 17 heavy (non-hydrogen) atoms. The van der Waals surface area contributed by atoms with Crippen molar-refractivity contribution in [2.24, 2.45) is 5.92 Å². The van der Waals surface area contributed by atoms with E-state index in [2.05, 4.69) is 15.6 Å². The van der Waals surface area contributed by atoms with Crippen molar-refractivity contribution in [2.45, 2.75) is 19.5 Å². The van der Waals surface area contributed by atoms with Gasteiger partial charge in [-0.2, -0.15) is 0 Å². The highest BCUT2D eigenvalue weighted by Crippen LogP contribution is 2.15. The third kappa shape index (κ3) is 3.02. The second-order valence-electron chi connectivity index (χ2n) is 4.12. The van der Waals surface area contributed by atoms with Gasteiger partial charge in [0.25, 0.3) is 0 Å². The SMILES string of the molecule is CNC1COCC1C(=O)NCc1ncc(C)s1. The van der Waals surface area contributed by atoms with Gasteiger partial charge in [-0.15, -0.1) is 11.3 Å². The Bertz CT molecular complexity index is 394. The van der Waals surface area contributed by atoms with Crippen LogP contribution in [0, 0.1) is 12.8 Å². The number of hydrogen-bond donors (Lipinski definition) is 2. The van der Waals surface area contributed by atoms with E-state index in [1.54, 1.807) is 11.3 Å². The van der Waals surface area contributed by atoms with Gasteiger partial charge in [-0.3, -0.25) is 4.79 Å². The Hall–Kier alpha value is -0.980. The lowest BCUT2D eigenvalue weighted by Gasteiger charge is -2.15. The zero-order valence-electron chi connectivity index (χ0n) is 10.0. The topological polar surface area (TPSA) is 63.2 Å². The molecule has 6 heteroatoms. The van der Waals surface area contributed by atoms with Crippen LogP contribution in [0.25, 0.3) is 0 Å². The van der Waals surface area contributed by atoms with E-state index in [0.29, 0.717) is 19.8 Å². The summed E-state index contributed by atoms with van der Waals surface area (Å²) in [7, 11) is 1.85. The molecule has 2 atom stereocenters. The summed E-state index contributed by atoms with van der Waals surface area (Å²) in [6, 6.07) is 0.119. The molecule has 1 aromatic heterocycles. The molecule has 0 aliphatic carbocycles. The average Bonchev–Trinajstić information content (AvgIpc) is 2.94. The maximum absolute atomic E-state index is 11.9. The number of nitrogens with one attached hydrogen (secondary N) is 2. The summed E-state index contributed by atoms with van der Waals surface area (Å²) in [5.41, 5.74) is 0. The molecule has 0 bridgehead atoms. The lowest BCUT2D eigenvalue weighted by Crippen LogP contribution is -2.42. The molecule has 0 aromatic carbocycles. The van der Waals surface area contributed by atoms with Gasteiger partial charge in [-0.1, -0.05) is 0 Å². The molecule has 2 N–H and O–H groups in total. The monoisotopic (exact) mass is 255 g/mol. The predicted molar refractivity (Wildman–Crippen MR) is 65.9 cm³/mol. The normalized spacial score (nSPS) is 23.9.